The van der Waals surface area contributed by atoms with Crippen LogP contribution in [0.3, 0.4) is 0 Å². The third-order valence-electron chi connectivity index (χ3n) is 3.82. The van der Waals surface area contributed by atoms with Crippen molar-refractivity contribution >= 4 is 0 Å². The molecule has 0 bridgehead atoms. The Bertz CT molecular complexity index is 323. The first-order chi connectivity index (χ1) is 7.14. The molecule has 0 amide bonds. The summed E-state index contributed by atoms with van der Waals surface area (Å²) in [5.74, 6) is 0.802. The van der Waals surface area contributed by atoms with E-state index in [-0.39, 0.29) is 0 Å². The molecule has 0 atom stereocenters. The normalized spacial score (nSPS) is 18.4. The van der Waals surface area contributed by atoms with Gasteiger partial charge in [0.2, 0.25) is 0 Å². The fourth-order valence-corrected chi connectivity index (χ4v) is 2.11. The molecule has 0 radical (unpaired) electrons. The maximum atomic E-state index is 4.11. The zero-order valence-corrected chi connectivity index (χ0v) is 9.95. The lowest BCUT2D eigenvalue weighted by Crippen LogP contribution is -2.27. The molecule has 0 aliphatic heterocycles. The minimum atomic E-state index is 0.596. The van der Waals surface area contributed by atoms with Gasteiger partial charge in [-0.3, -0.25) is 0 Å². The number of imidazole rings is 1. The highest BCUT2D eigenvalue weighted by molar-refractivity contribution is 5.00. The Hall–Kier alpha value is -0.830. The van der Waals surface area contributed by atoms with Crippen LogP contribution in [0.4, 0.5) is 0 Å². The molecule has 0 spiro atoms. The molecular formula is C12H21N3. The first-order valence-electron chi connectivity index (χ1n) is 5.80. The topological polar surface area (TPSA) is 29.9 Å². The molecule has 1 aliphatic carbocycles. The summed E-state index contributed by atoms with van der Waals surface area (Å²) in [7, 11) is 2.04. The molecule has 0 saturated heterocycles. The minimum Gasteiger partial charge on any atom is -0.337 e. The summed E-state index contributed by atoms with van der Waals surface area (Å²) < 4.78 is 2.07. The fourth-order valence-electron chi connectivity index (χ4n) is 2.11. The van der Waals surface area contributed by atoms with E-state index in [1.165, 1.54) is 18.5 Å². The Labute approximate surface area is 91.9 Å². The molecule has 15 heavy (non-hydrogen) atoms. The molecule has 84 valence electrons. The lowest BCUT2D eigenvalue weighted by Gasteiger charge is -2.20. The van der Waals surface area contributed by atoms with Crippen molar-refractivity contribution in [3.05, 3.63) is 18.2 Å². The van der Waals surface area contributed by atoms with Crippen molar-refractivity contribution in [3.63, 3.8) is 0 Å². The van der Waals surface area contributed by atoms with Gasteiger partial charge in [-0.05, 0) is 24.2 Å². The number of aromatic nitrogens is 2. The molecule has 3 nitrogen and oxygen atoms in total. The number of aryl methyl sites for hydroxylation is 1. The Balaban J connectivity index is 1.78. The van der Waals surface area contributed by atoms with Crippen LogP contribution in [0.2, 0.25) is 0 Å². The van der Waals surface area contributed by atoms with Crippen LogP contribution in [-0.4, -0.2) is 16.1 Å². The summed E-state index contributed by atoms with van der Waals surface area (Å²) in [5.41, 5.74) is 1.85. The summed E-state index contributed by atoms with van der Waals surface area (Å²) in [4.78, 5) is 4.11. The molecule has 1 N–H and O–H groups in total. The minimum absolute atomic E-state index is 0.596. The van der Waals surface area contributed by atoms with Crippen molar-refractivity contribution in [1.82, 2.24) is 14.9 Å². The molecule has 0 unspecified atom stereocenters. The van der Waals surface area contributed by atoms with E-state index in [0.29, 0.717) is 5.41 Å². The summed E-state index contributed by atoms with van der Waals surface area (Å²) in [5, 5.41) is 3.55. The van der Waals surface area contributed by atoms with E-state index in [4.69, 9.17) is 0 Å². The van der Waals surface area contributed by atoms with Crippen molar-refractivity contribution in [1.29, 1.82) is 0 Å². The van der Waals surface area contributed by atoms with Gasteiger partial charge in [-0.1, -0.05) is 13.8 Å². The van der Waals surface area contributed by atoms with Crippen LogP contribution < -0.4 is 5.32 Å². The van der Waals surface area contributed by atoms with Crippen LogP contribution in [0, 0.1) is 11.3 Å². The average Bonchev–Trinajstić information content (AvgIpc) is 2.87. The van der Waals surface area contributed by atoms with Crippen molar-refractivity contribution < 1.29 is 0 Å². The van der Waals surface area contributed by atoms with E-state index >= 15 is 0 Å². The lowest BCUT2D eigenvalue weighted by atomic mass is 9.92. The maximum absolute atomic E-state index is 4.11. The Morgan fingerprint density at radius 1 is 1.53 bits per heavy atom. The molecule has 0 aromatic carbocycles. The van der Waals surface area contributed by atoms with Gasteiger partial charge >= 0.3 is 0 Å². The van der Waals surface area contributed by atoms with Crippen LogP contribution in [0.15, 0.2) is 12.5 Å². The second-order valence-electron chi connectivity index (χ2n) is 5.12. The van der Waals surface area contributed by atoms with Gasteiger partial charge in [-0.2, -0.15) is 0 Å². The number of hydrogen-bond acceptors (Lipinski definition) is 2. The molecule has 1 saturated carbocycles. The van der Waals surface area contributed by atoms with Crippen molar-refractivity contribution in [2.24, 2.45) is 18.4 Å². The van der Waals surface area contributed by atoms with E-state index in [9.17, 15) is 0 Å². The third-order valence-corrected chi connectivity index (χ3v) is 3.82. The van der Waals surface area contributed by atoms with Gasteiger partial charge in [0, 0.05) is 26.3 Å². The van der Waals surface area contributed by atoms with Gasteiger partial charge in [0.05, 0.1) is 12.0 Å². The Morgan fingerprint density at radius 3 is 2.73 bits per heavy atom. The van der Waals surface area contributed by atoms with Crippen molar-refractivity contribution in [3.8, 4) is 0 Å². The predicted octanol–water partition coefficient (Wildman–Crippen LogP) is 1.95. The van der Waals surface area contributed by atoms with Gasteiger partial charge in [0.25, 0.3) is 0 Å². The van der Waals surface area contributed by atoms with Gasteiger partial charge in [-0.25, -0.2) is 4.98 Å². The monoisotopic (exact) mass is 207 g/mol. The van der Waals surface area contributed by atoms with E-state index in [2.05, 4.69) is 28.7 Å². The first-order valence-corrected chi connectivity index (χ1v) is 5.80. The summed E-state index contributed by atoms with van der Waals surface area (Å²) in [6.07, 6.45) is 6.57. The number of hydrogen-bond donors (Lipinski definition) is 1. The molecule has 1 fully saturated rings. The lowest BCUT2D eigenvalue weighted by molar-refractivity contribution is 0.336. The molecule has 1 heterocycles. The SMILES string of the molecule is CC(C)C1(CNCc2cncn2C)CC1. The molecule has 1 aromatic heterocycles. The van der Waals surface area contributed by atoms with Crippen LogP contribution in [0.5, 0.6) is 0 Å². The Morgan fingerprint density at radius 2 is 2.27 bits per heavy atom. The second kappa shape index (κ2) is 3.97. The molecular weight excluding hydrogens is 186 g/mol. The van der Waals surface area contributed by atoms with E-state index in [1.807, 2.05) is 19.6 Å². The summed E-state index contributed by atoms with van der Waals surface area (Å²) in [6.45, 7) is 6.75. The van der Waals surface area contributed by atoms with Gasteiger partial charge in [-0.15, -0.1) is 0 Å². The highest BCUT2D eigenvalue weighted by Gasteiger charge is 2.44. The third kappa shape index (κ3) is 2.23. The summed E-state index contributed by atoms with van der Waals surface area (Å²) in [6, 6.07) is 0. The molecule has 1 aromatic rings. The van der Waals surface area contributed by atoms with Gasteiger partial charge in [0.1, 0.15) is 0 Å². The quantitative estimate of drug-likeness (QED) is 0.799. The standard InChI is InChI=1S/C12H21N3/c1-10(2)12(4-5-12)8-13-6-11-7-14-9-15(11)3/h7,9-10,13H,4-6,8H2,1-3H3. The predicted molar refractivity (Wildman–Crippen MR) is 61.4 cm³/mol. The van der Waals surface area contributed by atoms with Gasteiger partial charge in [0.15, 0.2) is 0 Å². The fraction of sp³-hybridized carbons (Fsp3) is 0.750. The first kappa shape index (κ1) is 10.7. The number of nitrogens with one attached hydrogen (secondary N) is 1. The second-order valence-corrected chi connectivity index (χ2v) is 5.12. The highest BCUT2D eigenvalue weighted by Crippen LogP contribution is 2.51. The smallest absolute Gasteiger partial charge is 0.0945 e. The zero-order valence-electron chi connectivity index (χ0n) is 9.95. The van der Waals surface area contributed by atoms with E-state index in [0.717, 1.165) is 19.0 Å². The molecule has 3 heteroatoms. The van der Waals surface area contributed by atoms with Crippen LogP contribution in [0.25, 0.3) is 0 Å². The van der Waals surface area contributed by atoms with Crippen molar-refractivity contribution in [2.75, 3.05) is 6.54 Å². The zero-order chi connectivity index (χ0) is 10.9. The van der Waals surface area contributed by atoms with Gasteiger partial charge < -0.3 is 9.88 Å². The largest absolute Gasteiger partial charge is 0.337 e. The van der Waals surface area contributed by atoms with E-state index < -0.39 is 0 Å². The molecule has 1 aliphatic rings. The Kier molecular flexibility index (Phi) is 2.83. The molecule has 2 rings (SSSR count). The number of nitrogens with zero attached hydrogens (tertiary/aromatic N) is 2. The summed E-state index contributed by atoms with van der Waals surface area (Å²) >= 11 is 0. The van der Waals surface area contributed by atoms with E-state index in [1.54, 1.807) is 0 Å². The van der Waals surface area contributed by atoms with Crippen LogP contribution in [0.1, 0.15) is 32.4 Å². The van der Waals surface area contributed by atoms with Crippen LogP contribution in [-0.2, 0) is 13.6 Å². The maximum Gasteiger partial charge on any atom is 0.0945 e. The average molecular weight is 207 g/mol. The van der Waals surface area contributed by atoms with Crippen LogP contribution >= 0.6 is 0 Å². The highest BCUT2D eigenvalue weighted by atomic mass is 15.0. The number of rotatable bonds is 5. The van der Waals surface area contributed by atoms with Crippen molar-refractivity contribution in [2.45, 2.75) is 33.2 Å².